The second-order valence-corrected chi connectivity index (χ2v) is 9.97. The Balaban J connectivity index is 1.79. The van der Waals surface area contributed by atoms with Crippen molar-refractivity contribution >= 4 is 17.4 Å². The van der Waals surface area contributed by atoms with E-state index in [4.69, 9.17) is 16.3 Å². The molecule has 3 nitrogen and oxygen atoms in total. The zero-order chi connectivity index (χ0) is 19.4. The molecule has 4 rings (SSSR count). The number of ketones is 1. The average molecular weight is 393 g/mol. The van der Waals surface area contributed by atoms with Crippen LogP contribution >= 0.6 is 11.6 Å². The Morgan fingerprint density at radius 2 is 2.11 bits per heavy atom. The van der Waals surface area contributed by atoms with Crippen molar-refractivity contribution in [3.63, 3.8) is 0 Å². The van der Waals surface area contributed by atoms with Crippen LogP contribution in [0.5, 0.6) is 0 Å². The van der Waals surface area contributed by atoms with Gasteiger partial charge in [0.2, 0.25) is 0 Å². The normalized spacial score (nSPS) is 44.7. The number of rotatable bonds is 4. The summed E-state index contributed by atoms with van der Waals surface area (Å²) in [5.41, 5.74) is 2.36. The van der Waals surface area contributed by atoms with Crippen LogP contribution in [0, 0.1) is 28.6 Å². The second kappa shape index (κ2) is 7.00. The van der Waals surface area contributed by atoms with Crippen molar-refractivity contribution in [1.29, 1.82) is 0 Å². The van der Waals surface area contributed by atoms with E-state index in [-0.39, 0.29) is 23.2 Å². The fourth-order valence-corrected chi connectivity index (χ4v) is 7.47. The van der Waals surface area contributed by atoms with Crippen LogP contribution in [0.3, 0.4) is 0 Å². The zero-order valence-electron chi connectivity index (χ0n) is 16.8. The number of hydrogen-bond acceptors (Lipinski definition) is 3. The Labute approximate surface area is 168 Å². The Hall–Kier alpha value is -0.640. The van der Waals surface area contributed by atoms with Gasteiger partial charge in [-0.3, -0.25) is 4.79 Å². The van der Waals surface area contributed by atoms with Crippen molar-refractivity contribution in [2.75, 3.05) is 5.88 Å². The van der Waals surface area contributed by atoms with Gasteiger partial charge in [-0.2, -0.15) is 0 Å². The van der Waals surface area contributed by atoms with Gasteiger partial charge in [-0.05, 0) is 73.5 Å². The van der Waals surface area contributed by atoms with Crippen molar-refractivity contribution in [1.82, 2.24) is 0 Å². The molecule has 0 aromatic rings. The first kappa shape index (κ1) is 19.7. The first-order chi connectivity index (χ1) is 12.8. The molecule has 0 aliphatic heterocycles. The van der Waals surface area contributed by atoms with Gasteiger partial charge in [0.25, 0.3) is 0 Å². The molecule has 3 fully saturated rings. The van der Waals surface area contributed by atoms with E-state index in [1.54, 1.807) is 6.08 Å². The van der Waals surface area contributed by atoms with E-state index >= 15 is 0 Å². The first-order valence-corrected chi connectivity index (χ1v) is 11.2. The lowest BCUT2D eigenvalue weighted by atomic mass is 9.46. The summed E-state index contributed by atoms with van der Waals surface area (Å²) in [6, 6.07) is 0. The summed E-state index contributed by atoms with van der Waals surface area (Å²) in [7, 11) is 0. The minimum Gasteiger partial charge on any atom is -0.368 e. The summed E-state index contributed by atoms with van der Waals surface area (Å²) >= 11 is 6.37. The molecule has 0 radical (unpaired) electrons. The van der Waals surface area contributed by atoms with E-state index in [2.05, 4.69) is 13.8 Å². The van der Waals surface area contributed by atoms with Crippen LogP contribution in [0.1, 0.15) is 65.7 Å². The maximum absolute atomic E-state index is 12.2. The number of ether oxygens (including phenoxy) is 1. The highest BCUT2D eigenvalue weighted by Gasteiger charge is 2.61. The van der Waals surface area contributed by atoms with Crippen LogP contribution < -0.4 is 0 Å². The third-order valence-electron chi connectivity index (χ3n) is 8.41. The van der Waals surface area contributed by atoms with E-state index in [9.17, 15) is 9.90 Å². The highest BCUT2D eigenvalue weighted by atomic mass is 35.5. The lowest BCUT2D eigenvalue weighted by Gasteiger charge is -2.60. The smallest absolute Gasteiger partial charge is 0.178 e. The molecule has 0 bridgehead atoms. The summed E-state index contributed by atoms with van der Waals surface area (Å²) in [5, 5.41) is 10.3. The van der Waals surface area contributed by atoms with E-state index in [1.165, 1.54) is 24.8 Å². The Morgan fingerprint density at radius 1 is 1.33 bits per heavy atom. The van der Waals surface area contributed by atoms with Crippen LogP contribution in [0.2, 0.25) is 0 Å². The zero-order valence-corrected chi connectivity index (χ0v) is 17.6. The molecule has 1 N–H and O–H groups in total. The molecule has 4 aliphatic carbocycles. The standard InChI is InChI=1S/C23H33ClO3/c1-4-20(26)27-19-12-22(2)9-5-6-18(22)17-8-7-14-10-16(25)11-15(13-24)23(14,3)21(17)19/h10-11,17-21,26H,4-9,12-13H2,1-3H3/t17-,18-,19-,20?,21+,22-,23+/m0/s1. The van der Waals surface area contributed by atoms with Crippen molar-refractivity contribution in [2.45, 2.75) is 78.1 Å². The number of hydrogen-bond donors (Lipinski definition) is 1. The molecule has 7 atom stereocenters. The van der Waals surface area contributed by atoms with Gasteiger partial charge >= 0.3 is 0 Å². The van der Waals surface area contributed by atoms with Crippen molar-refractivity contribution < 1.29 is 14.6 Å². The molecule has 4 heteroatoms. The quantitative estimate of drug-likeness (QED) is 0.539. The predicted molar refractivity (Wildman–Crippen MR) is 107 cm³/mol. The van der Waals surface area contributed by atoms with Crippen molar-refractivity contribution in [3.05, 3.63) is 23.3 Å². The molecule has 1 unspecified atom stereocenters. The average Bonchev–Trinajstić information content (AvgIpc) is 3.02. The number of halogens is 1. The topological polar surface area (TPSA) is 46.5 Å². The summed E-state index contributed by atoms with van der Waals surface area (Å²) in [4.78, 5) is 12.2. The molecule has 27 heavy (non-hydrogen) atoms. The fraction of sp³-hybridized carbons (Fsp3) is 0.783. The molecule has 0 saturated heterocycles. The number of fused-ring (bicyclic) bond motifs is 5. The minimum absolute atomic E-state index is 0.0119. The highest BCUT2D eigenvalue weighted by Crippen LogP contribution is 2.66. The number of carbonyl (C=O) groups excluding carboxylic acids is 1. The number of aliphatic hydroxyl groups is 1. The lowest BCUT2D eigenvalue weighted by Crippen LogP contribution is -2.57. The van der Waals surface area contributed by atoms with Gasteiger partial charge in [-0.15, -0.1) is 11.6 Å². The third-order valence-corrected chi connectivity index (χ3v) is 8.70. The monoisotopic (exact) mass is 392 g/mol. The highest BCUT2D eigenvalue weighted by molar-refractivity contribution is 6.20. The van der Waals surface area contributed by atoms with Gasteiger partial charge in [0.05, 0.1) is 6.10 Å². The molecule has 150 valence electrons. The molecule has 0 amide bonds. The van der Waals surface area contributed by atoms with Crippen molar-refractivity contribution in [2.24, 2.45) is 28.6 Å². The maximum Gasteiger partial charge on any atom is 0.178 e. The van der Waals surface area contributed by atoms with Crippen LogP contribution in [0.25, 0.3) is 0 Å². The van der Waals surface area contributed by atoms with Crippen LogP contribution in [-0.2, 0) is 9.53 Å². The van der Waals surface area contributed by atoms with E-state index in [0.29, 0.717) is 29.6 Å². The van der Waals surface area contributed by atoms with E-state index in [0.717, 1.165) is 24.8 Å². The van der Waals surface area contributed by atoms with Crippen LogP contribution in [0.4, 0.5) is 0 Å². The van der Waals surface area contributed by atoms with Crippen LogP contribution in [-0.4, -0.2) is 29.2 Å². The minimum atomic E-state index is -0.719. The summed E-state index contributed by atoms with van der Waals surface area (Å²) < 4.78 is 6.29. The first-order valence-electron chi connectivity index (χ1n) is 10.7. The van der Waals surface area contributed by atoms with Gasteiger partial charge in [0.1, 0.15) is 0 Å². The molecule has 0 aromatic heterocycles. The van der Waals surface area contributed by atoms with Crippen LogP contribution in [0.15, 0.2) is 23.3 Å². The number of allylic oxidation sites excluding steroid dienone is 4. The summed E-state index contributed by atoms with van der Waals surface area (Å²) in [5.74, 6) is 2.03. The Morgan fingerprint density at radius 3 is 2.81 bits per heavy atom. The fourth-order valence-electron chi connectivity index (χ4n) is 7.12. The number of alkyl halides is 1. The third kappa shape index (κ3) is 2.96. The largest absolute Gasteiger partial charge is 0.368 e. The summed E-state index contributed by atoms with van der Waals surface area (Å²) in [6.07, 6.45) is 10.5. The predicted octanol–water partition coefficient (Wildman–Crippen LogP) is 5.02. The number of carbonyl (C=O) groups is 1. The Kier molecular flexibility index (Phi) is 5.10. The Bertz CT molecular complexity index is 665. The molecule has 3 saturated carbocycles. The van der Waals surface area contributed by atoms with Gasteiger partial charge in [-0.25, -0.2) is 0 Å². The SMILES string of the molecule is CCC(O)O[C@H]1C[C@]2(C)CCC[C@H]2[C@@H]2CCC3=CC(=O)C=C(CCl)[C@]3(C)[C@H]21. The van der Waals surface area contributed by atoms with Gasteiger partial charge in [0.15, 0.2) is 12.1 Å². The van der Waals surface area contributed by atoms with Crippen molar-refractivity contribution in [3.8, 4) is 0 Å². The second-order valence-electron chi connectivity index (χ2n) is 9.70. The van der Waals surface area contributed by atoms with Gasteiger partial charge in [-0.1, -0.05) is 32.8 Å². The van der Waals surface area contributed by atoms with E-state index in [1.807, 2.05) is 13.0 Å². The number of aliphatic hydroxyl groups excluding tert-OH is 1. The lowest BCUT2D eigenvalue weighted by molar-refractivity contribution is -0.207. The molecule has 4 aliphatic rings. The molecular formula is C23H33ClO3. The van der Waals surface area contributed by atoms with Gasteiger partial charge < -0.3 is 9.84 Å². The molecule has 0 heterocycles. The summed E-state index contributed by atoms with van der Waals surface area (Å²) in [6.45, 7) is 6.68. The maximum atomic E-state index is 12.2. The molecule has 0 spiro atoms. The van der Waals surface area contributed by atoms with Gasteiger partial charge in [0, 0.05) is 17.2 Å². The van der Waals surface area contributed by atoms with E-state index < -0.39 is 6.29 Å². The molecule has 0 aromatic carbocycles. The molecular weight excluding hydrogens is 360 g/mol.